The van der Waals surface area contributed by atoms with Crippen LogP contribution in [0, 0.1) is 6.92 Å². The summed E-state index contributed by atoms with van der Waals surface area (Å²) < 4.78 is 2.31. The van der Waals surface area contributed by atoms with Gasteiger partial charge in [0.15, 0.2) is 0 Å². The fraction of sp³-hybridized carbons (Fsp3) is 0.267. The molecule has 3 aromatic rings. The number of rotatable bonds is 4. The van der Waals surface area contributed by atoms with Crippen LogP contribution in [0.4, 0.5) is 5.69 Å². The number of nitrogens with one attached hydrogen (secondary N) is 1. The molecule has 0 bridgehead atoms. The van der Waals surface area contributed by atoms with E-state index in [0.717, 1.165) is 29.0 Å². The maximum atomic E-state index is 12.4. The van der Waals surface area contributed by atoms with Crippen molar-refractivity contribution in [2.75, 3.05) is 11.9 Å². The molecular formula is C15H16N4OS. The Hall–Kier alpha value is -2.21. The lowest BCUT2D eigenvalue weighted by Crippen LogP contribution is -2.20. The van der Waals surface area contributed by atoms with Crippen molar-refractivity contribution in [3.05, 3.63) is 51.6 Å². The molecule has 1 N–H and O–H groups in total. The van der Waals surface area contributed by atoms with Gasteiger partial charge in [0.1, 0.15) is 4.70 Å². The lowest BCUT2D eigenvalue weighted by molar-refractivity contribution is 0.731. The van der Waals surface area contributed by atoms with Crippen molar-refractivity contribution < 1.29 is 0 Å². The van der Waals surface area contributed by atoms with Gasteiger partial charge in [0, 0.05) is 18.4 Å². The zero-order chi connectivity index (χ0) is 14.8. The first-order chi connectivity index (χ1) is 10.2. The Balaban J connectivity index is 1.96. The predicted molar refractivity (Wildman–Crippen MR) is 86.1 cm³/mol. The lowest BCUT2D eigenvalue weighted by atomic mass is 10.3. The second kappa shape index (κ2) is 5.65. The number of pyridine rings is 1. The highest BCUT2D eigenvalue weighted by Crippen LogP contribution is 2.19. The van der Waals surface area contributed by atoms with Gasteiger partial charge in [0.2, 0.25) is 0 Å². The van der Waals surface area contributed by atoms with E-state index in [-0.39, 0.29) is 5.56 Å². The van der Waals surface area contributed by atoms with Gasteiger partial charge in [-0.15, -0.1) is 11.3 Å². The number of nitrogens with zero attached hydrogens (tertiary/aromatic N) is 3. The van der Waals surface area contributed by atoms with Gasteiger partial charge in [-0.1, -0.05) is 0 Å². The van der Waals surface area contributed by atoms with Gasteiger partial charge in [0.25, 0.3) is 5.56 Å². The molecule has 3 heterocycles. The Morgan fingerprint density at radius 1 is 1.38 bits per heavy atom. The minimum absolute atomic E-state index is 0.00578. The van der Waals surface area contributed by atoms with E-state index in [1.165, 1.54) is 11.3 Å². The molecule has 0 aliphatic rings. The minimum Gasteiger partial charge on any atom is -0.385 e. The summed E-state index contributed by atoms with van der Waals surface area (Å²) in [6.45, 7) is 5.29. The van der Waals surface area contributed by atoms with Crippen molar-refractivity contribution in [3.8, 4) is 0 Å². The predicted octanol–water partition coefficient (Wildman–Crippen LogP) is 2.64. The van der Waals surface area contributed by atoms with Crippen LogP contribution in [0.3, 0.4) is 0 Å². The summed E-state index contributed by atoms with van der Waals surface area (Å²) >= 11 is 1.45. The van der Waals surface area contributed by atoms with Gasteiger partial charge in [-0.05, 0) is 36.9 Å². The van der Waals surface area contributed by atoms with Gasteiger partial charge in [-0.3, -0.25) is 14.3 Å². The fourth-order valence-corrected chi connectivity index (χ4v) is 3.18. The molecule has 108 valence electrons. The highest BCUT2D eigenvalue weighted by molar-refractivity contribution is 7.17. The summed E-state index contributed by atoms with van der Waals surface area (Å²) in [6.07, 6.45) is 3.35. The van der Waals surface area contributed by atoms with Crippen LogP contribution in [-0.2, 0) is 6.54 Å². The number of hydrogen-bond acceptors (Lipinski definition) is 5. The molecule has 0 radical (unpaired) electrons. The van der Waals surface area contributed by atoms with Crippen LogP contribution in [-0.4, -0.2) is 21.1 Å². The van der Waals surface area contributed by atoms with Crippen LogP contribution < -0.4 is 10.9 Å². The quantitative estimate of drug-likeness (QED) is 0.804. The fourth-order valence-electron chi connectivity index (χ4n) is 2.23. The summed E-state index contributed by atoms with van der Waals surface area (Å²) in [5.41, 5.74) is 3.69. The van der Waals surface area contributed by atoms with Gasteiger partial charge < -0.3 is 5.32 Å². The summed E-state index contributed by atoms with van der Waals surface area (Å²) in [5, 5.41) is 5.21. The van der Waals surface area contributed by atoms with Crippen LogP contribution in [0.2, 0.25) is 0 Å². The first-order valence-electron chi connectivity index (χ1n) is 6.81. The van der Waals surface area contributed by atoms with Crippen molar-refractivity contribution >= 4 is 27.2 Å². The summed E-state index contributed by atoms with van der Waals surface area (Å²) in [6, 6.07) is 3.87. The average molecular weight is 300 g/mol. The molecule has 21 heavy (non-hydrogen) atoms. The Labute approximate surface area is 126 Å². The topological polar surface area (TPSA) is 59.8 Å². The molecule has 5 nitrogen and oxygen atoms in total. The molecular weight excluding hydrogens is 284 g/mol. The smallest absolute Gasteiger partial charge is 0.271 e. The van der Waals surface area contributed by atoms with Crippen molar-refractivity contribution in [2.45, 2.75) is 20.4 Å². The Bertz CT molecular complexity index is 837. The molecule has 0 aromatic carbocycles. The molecule has 0 fully saturated rings. The molecule has 6 heteroatoms. The van der Waals surface area contributed by atoms with Gasteiger partial charge in [-0.2, -0.15) is 0 Å². The Kier molecular flexibility index (Phi) is 3.70. The minimum atomic E-state index is -0.00578. The van der Waals surface area contributed by atoms with E-state index in [1.54, 1.807) is 17.1 Å². The maximum Gasteiger partial charge on any atom is 0.271 e. The van der Waals surface area contributed by atoms with E-state index in [4.69, 9.17) is 0 Å². The van der Waals surface area contributed by atoms with E-state index < -0.39 is 0 Å². The van der Waals surface area contributed by atoms with Crippen LogP contribution in [0.25, 0.3) is 10.2 Å². The normalized spacial score (nSPS) is 11.0. The summed E-state index contributed by atoms with van der Waals surface area (Å²) in [5.74, 6) is 0. The molecule has 0 saturated heterocycles. The molecule has 0 atom stereocenters. The van der Waals surface area contributed by atoms with Crippen molar-refractivity contribution in [1.29, 1.82) is 0 Å². The van der Waals surface area contributed by atoms with E-state index >= 15 is 0 Å². The molecule has 0 aliphatic carbocycles. The second-order valence-electron chi connectivity index (χ2n) is 4.84. The Morgan fingerprint density at radius 3 is 3.05 bits per heavy atom. The molecule has 0 saturated carbocycles. The number of aromatic nitrogens is 3. The highest BCUT2D eigenvalue weighted by atomic mass is 32.1. The first-order valence-corrected chi connectivity index (χ1v) is 7.69. The van der Waals surface area contributed by atoms with Gasteiger partial charge in [0.05, 0.1) is 24.1 Å². The van der Waals surface area contributed by atoms with Gasteiger partial charge >= 0.3 is 0 Å². The second-order valence-corrected chi connectivity index (χ2v) is 5.72. The van der Waals surface area contributed by atoms with Crippen LogP contribution in [0.15, 0.2) is 34.8 Å². The van der Waals surface area contributed by atoms with Crippen molar-refractivity contribution in [2.24, 2.45) is 0 Å². The molecule has 0 aliphatic heterocycles. The third-order valence-electron chi connectivity index (χ3n) is 3.25. The number of aryl methyl sites for hydroxylation is 1. The van der Waals surface area contributed by atoms with E-state index in [2.05, 4.69) is 15.3 Å². The number of fused-ring (bicyclic) bond motifs is 1. The molecule has 0 unspecified atom stereocenters. The highest BCUT2D eigenvalue weighted by Gasteiger charge is 2.09. The largest absolute Gasteiger partial charge is 0.385 e. The molecule has 3 aromatic heterocycles. The molecule has 3 rings (SSSR count). The summed E-state index contributed by atoms with van der Waals surface area (Å²) in [4.78, 5) is 21.2. The van der Waals surface area contributed by atoms with Crippen LogP contribution in [0.1, 0.15) is 18.2 Å². The molecule has 0 amide bonds. The zero-order valence-corrected chi connectivity index (χ0v) is 12.8. The first kappa shape index (κ1) is 13.8. The third-order valence-corrected chi connectivity index (χ3v) is 4.33. The zero-order valence-electron chi connectivity index (χ0n) is 12.0. The number of thiophene rings is 1. The Morgan fingerprint density at radius 2 is 2.24 bits per heavy atom. The van der Waals surface area contributed by atoms with E-state index in [1.807, 2.05) is 31.4 Å². The SMILES string of the molecule is CCNc1ccnc(Cn2cnc3c(C)csc3c2=O)c1. The average Bonchev–Trinajstić information content (AvgIpc) is 2.85. The standard InChI is InChI=1S/C15H16N4OS/c1-3-16-11-4-5-17-12(6-11)7-19-9-18-13-10(2)8-21-14(13)15(19)20/h4-6,8-9H,3,7H2,1-2H3,(H,16,17). The van der Waals surface area contributed by atoms with Crippen LogP contribution >= 0.6 is 11.3 Å². The van der Waals surface area contributed by atoms with Crippen molar-refractivity contribution in [1.82, 2.24) is 14.5 Å². The van der Waals surface area contributed by atoms with E-state index in [0.29, 0.717) is 11.2 Å². The lowest BCUT2D eigenvalue weighted by Gasteiger charge is -2.07. The van der Waals surface area contributed by atoms with E-state index in [9.17, 15) is 4.79 Å². The van der Waals surface area contributed by atoms with Crippen molar-refractivity contribution in [3.63, 3.8) is 0 Å². The third kappa shape index (κ3) is 2.67. The number of hydrogen-bond donors (Lipinski definition) is 1. The van der Waals surface area contributed by atoms with Crippen LogP contribution in [0.5, 0.6) is 0 Å². The number of anilines is 1. The summed E-state index contributed by atoms with van der Waals surface area (Å²) in [7, 11) is 0. The van der Waals surface area contributed by atoms with Gasteiger partial charge in [-0.25, -0.2) is 4.98 Å². The molecule has 0 spiro atoms. The maximum absolute atomic E-state index is 12.4. The monoisotopic (exact) mass is 300 g/mol.